The zero-order chi connectivity index (χ0) is 11.8. The molecule has 3 rings (SSSR count). The summed E-state index contributed by atoms with van der Waals surface area (Å²) in [5.74, 6) is 0.887. The molecule has 2 aromatic heterocycles. The Bertz CT molecular complexity index is 569. The quantitative estimate of drug-likeness (QED) is 0.872. The number of pyridine rings is 1. The largest absolute Gasteiger partial charge is 0.348 e. The number of nitrogens with zero attached hydrogens (tertiary/aromatic N) is 2. The van der Waals surface area contributed by atoms with E-state index in [4.69, 9.17) is 0 Å². The lowest BCUT2D eigenvalue weighted by Gasteiger charge is -2.00. The van der Waals surface area contributed by atoms with E-state index in [0.717, 1.165) is 30.6 Å². The summed E-state index contributed by atoms with van der Waals surface area (Å²) in [7, 11) is 0. The molecule has 0 aromatic carbocycles. The third-order valence-corrected chi connectivity index (χ3v) is 3.07. The number of nitrogens with one attached hydrogen (secondary N) is 1. The molecule has 0 bridgehead atoms. The second-order valence-corrected chi connectivity index (χ2v) is 4.43. The van der Waals surface area contributed by atoms with Crippen LogP contribution in [0.1, 0.15) is 36.1 Å². The summed E-state index contributed by atoms with van der Waals surface area (Å²) >= 11 is 0. The molecular formula is C13H15N3O. The van der Waals surface area contributed by atoms with Crippen LogP contribution in [0.5, 0.6) is 0 Å². The smallest absolute Gasteiger partial charge is 0.272 e. The summed E-state index contributed by atoms with van der Waals surface area (Å²) < 4.78 is 1.99. The predicted octanol–water partition coefficient (Wildman–Crippen LogP) is 1.79. The fourth-order valence-corrected chi connectivity index (χ4v) is 2.00. The highest BCUT2D eigenvalue weighted by Crippen LogP contribution is 2.20. The lowest BCUT2D eigenvalue weighted by Crippen LogP contribution is -2.25. The normalized spacial score (nSPS) is 15.1. The Hall–Kier alpha value is -1.84. The molecule has 1 aliphatic rings. The third-order valence-electron chi connectivity index (χ3n) is 3.07. The summed E-state index contributed by atoms with van der Waals surface area (Å²) in [5.41, 5.74) is 1.44. The van der Waals surface area contributed by atoms with Crippen molar-refractivity contribution in [1.29, 1.82) is 0 Å². The fraction of sp³-hybridized carbons (Fsp3) is 0.385. The van der Waals surface area contributed by atoms with Gasteiger partial charge in [0.25, 0.3) is 5.91 Å². The minimum absolute atomic E-state index is 0.0455. The van der Waals surface area contributed by atoms with Crippen molar-refractivity contribution in [2.75, 3.05) is 0 Å². The van der Waals surface area contributed by atoms with Gasteiger partial charge in [0.05, 0.1) is 5.52 Å². The van der Waals surface area contributed by atoms with Crippen LogP contribution in [0.2, 0.25) is 0 Å². The first-order chi connectivity index (χ1) is 8.29. The van der Waals surface area contributed by atoms with Crippen molar-refractivity contribution in [2.24, 2.45) is 0 Å². The van der Waals surface area contributed by atoms with Gasteiger partial charge in [0.15, 0.2) is 5.69 Å². The minimum atomic E-state index is -0.0455. The molecule has 2 aromatic rings. The summed E-state index contributed by atoms with van der Waals surface area (Å²) in [6, 6.07) is 6.20. The first-order valence-electron chi connectivity index (χ1n) is 6.06. The highest BCUT2D eigenvalue weighted by Gasteiger charge is 2.26. The highest BCUT2D eigenvalue weighted by atomic mass is 16.2. The van der Waals surface area contributed by atoms with Gasteiger partial charge in [-0.3, -0.25) is 4.79 Å². The number of fused-ring (bicyclic) bond motifs is 1. The first-order valence-corrected chi connectivity index (χ1v) is 6.06. The Morgan fingerprint density at radius 2 is 2.35 bits per heavy atom. The van der Waals surface area contributed by atoms with Gasteiger partial charge in [-0.25, -0.2) is 4.98 Å². The average molecular weight is 229 g/mol. The van der Waals surface area contributed by atoms with Crippen molar-refractivity contribution in [1.82, 2.24) is 14.7 Å². The summed E-state index contributed by atoms with van der Waals surface area (Å²) in [6.07, 6.45) is 4.97. The molecule has 4 nitrogen and oxygen atoms in total. The number of carbonyl (C=O) groups is 1. The highest BCUT2D eigenvalue weighted by molar-refractivity contribution is 5.99. The maximum atomic E-state index is 12.1. The Morgan fingerprint density at radius 3 is 3.06 bits per heavy atom. The van der Waals surface area contributed by atoms with E-state index in [9.17, 15) is 4.79 Å². The van der Waals surface area contributed by atoms with Crippen LogP contribution in [0.15, 0.2) is 24.4 Å². The van der Waals surface area contributed by atoms with Crippen LogP contribution in [-0.4, -0.2) is 21.3 Å². The van der Waals surface area contributed by atoms with Crippen molar-refractivity contribution in [3.05, 3.63) is 35.9 Å². The van der Waals surface area contributed by atoms with Gasteiger partial charge >= 0.3 is 0 Å². The third kappa shape index (κ3) is 1.79. The van der Waals surface area contributed by atoms with Crippen LogP contribution in [-0.2, 0) is 6.42 Å². The molecule has 1 amide bonds. The molecule has 0 aliphatic heterocycles. The van der Waals surface area contributed by atoms with Gasteiger partial charge in [-0.05, 0) is 25.0 Å². The molecule has 17 heavy (non-hydrogen) atoms. The molecule has 2 heterocycles. The van der Waals surface area contributed by atoms with Crippen molar-refractivity contribution in [2.45, 2.75) is 32.2 Å². The maximum absolute atomic E-state index is 12.1. The van der Waals surface area contributed by atoms with Gasteiger partial charge in [-0.2, -0.15) is 0 Å². The van der Waals surface area contributed by atoms with Gasteiger partial charge < -0.3 is 9.72 Å². The fourth-order valence-electron chi connectivity index (χ4n) is 2.00. The summed E-state index contributed by atoms with van der Waals surface area (Å²) in [5, 5.41) is 2.98. The lowest BCUT2D eigenvalue weighted by molar-refractivity contribution is 0.0948. The van der Waals surface area contributed by atoms with Crippen LogP contribution >= 0.6 is 0 Å². The topological polar surface area (TPSA) is 46.4 Å². The lowest BCUT2D eigenvalue weighted by atomic mass is 10.3. The molecule has 1 saturated carbocycles. The van der Waals surface area contributed by atoms with Gasteiger partial charge in [0.1, 0.15) is 5.82 Å². The summed E-state index contributed by atoms with van der Waals surface area (Å²) in [4.78, 5) is 16.5. The van der Waals surface area contributed by atoms with Gasteiger partial charge in [0, 0.05) is 18.7 Å². The number of imidazole rings is 1. The Kier molecular flexibility index (Phi) is 2.35. The first kappa shape index (κ1) is 10.3. The molecule has 1 N–H and O–H groups in total. The molecular weight excluding hydrogens is 214 g/mol. The van der Waals surface area contributed by atoms with Crippen LogP contribution in [0.3, 0.4) is 0 Å². The molecule has 0 spiro atoms. The van der Waals surface area contributed by atoms with E-state index in [-0.39, 0.29) is 5.91 Å². The van der Waals surface area contributed by atoms with Crippen LogP contribution in [0.4, 0.5) is 0 Å². The van der Waals surface area contributed by atoms with E-state index in [1.54, 1.807) is 0 Å². The molecule has 88 valence electrons. The number of carbonyl (C=O) groups excluding carboxylic acids is 1. The Labute approximate surface area is 99.7 Å². The SMILES string of the molecule is CCc1nc(C(=O)NC2CC2)c2ccccn12. The molecule has 4 heteroatoms. The molecule has 0 saturated heterocycles. The number of rotatable bonds is 3. The molecule has 0 radical (unpaired) electrons. The number of aryl methyl sites for hydroxylation is 1. The molecule has 0 atom stereocenters. The standard InChI is InChI=1S/C13H15N3O/c1-2-11-15-12(13(17)14-9-6-7-9)10-5-3-4-8-16(10)11/h3-5,8-9H,2,6-7H2,1H3,(H,14,17). The zero-order valence-electron chi connectivity index (χ0n) is 9.81. The van der Waals surface area contributed by atoms with E-state index >= 15 is 0 Å². The van der Waals surface area contributed by atoms with Gasteiger partial charge in [-0.15, -0.1) is 0 Å². The van der Waals surface area contributed by atoms with Crippen LogP contribution < -0.4 is 5.32 Å². The molecule has 1 fully saturated rings. The van der Waals surface area contributed by atoms with Crippen molar-refractivity contribution in [3.8, 4) is 0 Å². The van der Waals surface area contributed by atoms with Crippen LogP contribution in [0, 0.1) is 0 Å². The van der Waals surface area contributed by atoms with Crippen LogP contribution in [0.25, 0.3) is 5.52 Å². The molecule has 0 unspecified atom stereocenters. The molecule has 1 aliphatic carbocycles. The minimum Gasteiger partial charge on any atom is -0.348 e. The van der Waals surface area contributed by atoms with E-state index in [2.05, 4.69) is 10.3 Å². The number of hydrogen-bond donors (Lipinski definition) is 1. The van der Waals surface area contributed by atoms with E-state index < -0.39 is 0 Å². The predicted molar refractivity (Wildman–Crippen MR) is 65.1 cm³/mol. The Morgan fingerprint density at radius 1 is 1.53 bits per heavy atom. The number of hydrogen-bond acceptors (Lipinski definition) is 2. The number of amides is 1. The second-order valence-electron chi connectivity index (χ2n) is 4.43. The van der Waals surface area contributed by atoms with Gasteiger partial charge in [-0.1, -0.05) is 13.0 Å². The zero-order valence-corrected chi connectivity index (χ0v) is 9.81. The number of aromatic nitrogens is 2. The second kappa shape index (κ2) is 3.87. The van der Waals surface area contributed by atoms with E-state index in [1.807, 2.05) is 35.7 Å². The Balaban J connectivity index is 2.05. The van der Waals surface area contributed by atoms with E-state index in [0.29, 0.717) is 11.7 Å². The van der Waals surface area contributed by atoms with Crippen molar-refractivity contribution in [3.63, 3.8) is 0 Å². The van der Waals surface area contributed by atoms with Gasteiger partial charge in [0.2, 0.25) is 0 Å². The summed E-state index contributed by atoms with van der Waals surface area (Å²) in [6.45, 7) is 2.05. The van der Waals surface area contributed by atoms with Crippen molar-refractivity contribution >= 4 is 11.4 Å². The van der Waals surface area contributed by atoms with E-state index in [1.165, 1.54) is 0 Å². The monoisotopic (exact) mass is 229 g/mol. The average Bonchev–Trinajstić information content (AvgIpc) is 3.08. The van der Waals surface area contributed by atoms with Crippen molar-refractivity contribution < 1.29 is 4.79 Å². The maximum Gasteiger partial charge on any atom is 0.272 e.